The Bertz CT molecular complexity index is 847. The van der Waals surface area contributed by atoms with Crippen LogP contribution in [0.15, 0.2) is 54.6 Å². The number of amides is 1. The van der Waals surface area contributed by atoms with Crippen molar-refractivity contribution in [3.8, 4) is 0 Å². The van der Waals surface area contributed by atoms with Crippen LogP contribution in [0.5, 0.6) is 0 Å². The van der Waals surface area contributed by atoms with E-state index in [0.29, 0.717) is 19.3 Å². The number of hydrogen-bond donors (Lipinski definition) is 0. The van der Waals surface area contributed by atoms with E-state index in [1.807, 2.05) is 37.3 Å². The number of halogens is 1. The zero-order valence-corrected chi connectivity index (χ0v) is 19.5. The Labute approximate surface area is 191 Å². The largest absolute Gasteiger partial charge is 0.467 e. The van der Waals surface area contributed by atoms with E-state index in [1.54, 1.807) is 4.90 Å². The Hall–Kier alpha value is -2.37. The first-order valence-electron chi connectivity index (χ1n) is 10.7. The summed E-state index contributed by atoms with van der Waals surface area (Å²) >= 11 is 0. The summed E-state index contributed by atoms with van der Waals surface area (Å²) in [6.07, 6.45) is 2.44. The maximum atomic E-state index is 13.0. The van der Waals surface area contributed by atoms with E-state index in [-0.39, 0.29) is 24.3 Å². The number of piperidine rings is 1. The van der Waals surface area contributed by atoms with Crippen molar-refractivity contribution in [1.82, 2.24) is 4.90 Å². The van der Waals surface area contributed by atoms with Gasteiger partial charge >= 0.3 is 5.97 Å². The maximum Gasteiger partial charge on any atom is 0.332 e. The summed E-state index contributed by atoms with van der Waals surface area (Å²) < 4.78 is 5.21. The van der Waals surface area contributed by atoms with Crippen LogP contribution >= 0.6 is 12.4 Å². The molecule has 0 saturated carbocycles. The minimum Gasteiger partial charge on any atom is -0.467 e. The number of aryl methyl sites for hydroxylation is 1. The van der Waals surface area contributed by atoms with Gasteiger partial charge < -0.3 is 9.64 Å². The normalized spacial score (nSPS) is 15.6. The lowest BCUT2D eigenvalue weighted by atomic mass is 9.84. The van der Waals surface area contributed by atoms with Crippen molar-refractivity contribution in [3.05, 3.63) is 65.7 Å². The predicted molar refractivity (Wildman–Crippen MR) is 127 cm³/mol. The molecule has 0 radical (unpaired) electrons. The minimum absolute atomic E-state index is 0. The second-order valence-electron chi connectivity index (χ2n) is 8.02. The monoisotopic (exact) mass is 444 g/mol. The van der Waals surface area contributed by atoms with Gasteiger partial charge in [-0.2, -0.15) is 0 Å². The molecule has 1 aliphatic heterocycles. The van der Waals surface area contributed by atoms with Gasteiger partial charge in [0.15, 0.2) is 0 Å². The molecule has 0 N–H and O–H groups in total. The van der Waals surface area contributed by atoms with Gasteiger partial charge in [-0.3, -0.25) is 9.69 Å². The summed E-state index contributed by atoms with van der Waals surface area (Å²) in [6.45, 7) is 6.37. The van der Waals surface area contributed by atoms with Crippen LogP contribution in [-0.2, 0) is 20.7 Å². The number of hydrogen-bond acceptors (Lipinski definition) is 4. The first-order valence-corrected chi connectivity index (χ1v) is 10.7. The molecule has 6 heteroatoms. The second kappa shape index (κ2) is 11.3. The summed E-state index contributed by atoms with van der Waals surface area (Å²) in [7, 11) is 1.41. The van der Waals surface area contributed by atoms with Crippen LogP contribution in [0, 0.1) is 6.92 Å². The van der Waals surface area contributed by atoms with Gasteiger partial charge in [0.1, 0.15) is 5.54 Å². The molecule has 1 aliphatic rings. The molecule has 0 aliphatic carbocycles. The van der Waals surface area contributed by atoms with E-state index >= 15 is 0 Å². The number of nitrogens with zero attached hydrogens (tertiary/aromatic N) is 2. The summed E-state index contributed by atoms with van der Waals surface area (Å²) in [5.41, 5.74) is 2.38. The van der Waals surface area contributed by atoms with Gasteiger partial charge in [-0.25, -0.2) is 4.79 Å². The number of benzene rings is 2. The molecule has 0 aromatic heterocycles. The topological polar surface area (TPSA) is 49.9 Å². The van der Waals surface area contributed by atoms with Gasteiger partial charge in [-0.1, -0.05) is 55.0 Å². The Balaban J connectivity index is 0.00000341. The van der Waals surface area contributed by atoms with Crippen LogP contribution in [0.4, 0.5) is 5.69 Å². The van der Waals surface area contributed by atoms with E-state index in [4.69, 9.17) is 4.74 Å². The van der Waals surface area contributed by atoms with Crippen LogP contribution in [0.2, 0.25) is 0 Å². The first kappa shape index (κ1) is 24.9. The van der Waals surface area contributed by atoms with Crippen LogP contribution in [0.3, 0.4) is 0 Å². The molecule has 1 heterocycles. The average Bonchev–Trinajstić information content (AvgIpc) is 2.79. The molecule has 0 atom stereocenters. The molecule has 5 nitrogen and oxygen atoms in total. The van der Waals surface area contributed by atoms with Crippen molar-refractivity contribution in [1.29, 1.82) is 0 Å². The number of carbonyl (C=O) groups excluding carboxylic acids is 2. The van der Waals surface area contributed by atoms with Gasteiger partial charge in [0.2, 0.25) is 5.91 Å². The highest BCUT2D eigenvalue weighted by Gasteiger charge is 2.49. The molecule has 0 unspecified atom stereocenters. The van der Waals surface area contributed by atoms with E-state index in [0.717, 1.165) is 31.7 Å². The third kappa shape index (κ3) is 5.66. The zero-order chi connectivity index (χ0) is 21.6. The third-order valence-corrected chi connectivity index (χ3v) is 6.08. The van der Waals surface area contributed by atoms with Crippen molar-refractivity contribution >= 4 is 30.0 Å². The van der Waals surface area contributed by atoms with Gasteiger partial charge in [-0.05, 0) is 43.9 Å². The SMILES string of the molecule is CCC(=O)N(c1ccccc1)C1(C(=O)OC)CCN(CCc2ccc(C)cc2)CC1.Cl. The number of likely N-dealkylation sites (tertiary alicyclic amines) is 1. The van der Waals surface area contributed by atoms with E-state index in [9.17, 15) is 9.59 Å². The van der Waals surface area contributed by atoms with Gasteiger partial charge in [0.25, 0.3) is 0 Å². The predicted octanol–water partition coefficient (Wildman–Crippen LogP) is 4.41. The fraction of sp³-hybridized carbons (Fsp3) is 0.440. The molecule has 0 bridgehead atoms. The summed E-state index contributed by atoms with van der Waals surface area (Å²) in [6, 6.07) is 18.1. The number of methoxy groups -OCH3 is 1. The molecule has 2 aromatic carbocycles. The lowest BCUT2D eigenvalue weighted by molar-refractivity contribution is -0.151. The van der Waals surface area contributed by atoms with Crippen molar-refractivity contribution in [3.63, 3.8) is 0 Å². The van der Waals surface area contributed by atoms with Crippen LogP contribution in [0.1, 0.15) is 37.3 Å². The van der Waals surface area contributed by atoms with Crippen molar-refractivity contribution in [2.24, 2.45) is 0 Å². The second-order valence-corrected chi connectivity index (χ2v) is 8.02. The average molecular weight is 445 g/mol. The third-order valence-electron chi connectivity index (χ3n) is 6.08. The first-order chi connectivity index (χ1) is 14.5. The minimum atomic E-state index is -0.955. The molecule has 168 valence electrons. The van der Waals surface area contributed by atoms with Crippen molar-refractivity contribution in [2.75, 3.05) is 31.6 Å². The number of esters is 1. The lowest BCUT2D eigenvalue weighted by Gasteiger charge is -2.46. The Morgan fingerprint density at radius 3 is 2.19 bits per heavy atom. The molecule has 2 aromatic rings. The van der Waals surface area contributed by atoms with Crippen LogP contribution < -0.4 is 4.90 Å². The highest BCUT2D eigenvalue weighted by molar-refractivity contribution is 6.02. The number of anilines is 1. The van der Waals surface area contributed by atoms with Crippen LogP contribution in [0.25, 0.3) is 0 Å². The highest BCUT2D eigenvalue weighted by atomic mass is 35.5. The Kier molecular flexibility index (Phi) is 9.08. The smallest absolute Gasteiger partial charge is 0.332 e. The Morgan fingerprint density at radius 1 is 1.03 bits per heavy atom. The van der Waals surface area contributed by atoms with Crippen LogP contribution in [-0.4, -0.2) is 49.1 Å². The lowest BCUT2D eigenvalue weighted by Crippen LogP contribution is -2.62. The molecule has 1 fully saturated rings. The molecular weight excluding hydrogens is 412 g/mol. The van der Waals surface area contributed by atoms with E-state index in [2.05, 4.69) is 36.1 Å². The molecule has 1 saturated heterocycles. The Morgan fingerprint density at radius 2 is 1.65 bits per heavy atom. The molecule has 31 heavy (non-hydrogen) atoms. The van der Waals surface area contributed by atoms with Gasteiger partial charge in [0, 0.05) is 31.7 Å². The van der Waals surface area contributed by atoms with Crippen molar-refractivity contribution in [2.45, 2.75) is 45.1 Å². The van der Waals surface area contributed by atoms with E-state index in [1.165, 1.54) is 18.2 Å². The summed E-state index contributed by atoms with van der Waals surface area (Å²) in [4.78, 5) is 30.0. The maximum absolute atomic E-state index is 13.0. The van der Waals surface area contributed by atoms with Crippen molar-refractivity contribution < 1.29 is 14.3 Å². The summed E-state index contributed by atoms with van der Waals surface area (Å²) in [5, 5.41) is 0. The number of carbonyl (C=O) groups is 2. The van der Waals surface area contributed by atoms with Gasteiger partial charge in [0.05, 0.1) is 7.11 Å². The molecule has 0 spiro atoms. The summed E-state index contributed by atoms with van der Waals surface area (Å²) in [5.74, 6) is -0.383. The standard InChI is InChI=1S/C25H32N2O3.ClH/c1-4-23(28)27(22-8-6-5-7-9-22)25(24(29)30-3)15-18-26(19-16-25)17-14-21-12-10-20(2)11-13-21;/h5-13H,4,14-19H2,1-3H3;1H. The fourth-order valence-corrected chi connectivity index (χ4v) is 4.26. The molecule has 1 amide bonds. The molecule has 3 rings (SSSR count). The van der Waals surface area contributed by atoms with Gasteiger partial charge in [-0.15, -0.1) is 12.4 Å². The number of ether oxygens (including phenoxy) is 1. The number of para-hydroxylation sites is 1. The quantitative estimate of drug-likeness (QED) is 0.593. The fourth-order valence-electron chi connectivity index (χ4n) is 4.26. The zero-order valence-electron chi connectivity index (χ0n) is 18.7. The molecular formula is C25H33ClN2O3. The number of rotatable bonds is 7. The van der Waals surface area contributed by atoms with E-state index < -0.39 is 5.54 Å². The highest BCUT2D eigenvalue weighted by Crippen LogP contribution is 2.35.